The second-order valence-corrected chi connectivity index (χ2v) is 4.99. The third kappa shape index (κ3) is 3.35. The third-order valence-electron chi connectivity index (χ3n) is 2.29. The Morgan fingerprint density at radius 1 is 1.38 bits per heavy atom. The molecule has 1 aromatic rings. The standard InChI is InChI=1S/C13H19NO2/c1-9(14)12(15)16-11-7-5-6-10(8-11)13(2,3)4/h5-9H,14H2,1-4H3. The molecule has 0 aliphatic rings. The molecule has 0 aliphatic carbocycles. The second-order valence-electron chi connectivity index (χ2n) is 4.99. The number of benzene rings is 1. The van der Waals surface area contributed by atoms with Crippen molar-refractivity contribution in [3.05, 3.63) is 29.8 Å². The highest BCUT2D eigenvalue weighted by molar-refractivity contribution is 5.77. The van der Waals surface area contributed by atoms with Crippen molar-refractivity contribution >= 4 is 5.97 Å². The lowest BCUT2D eigenvalue weighted by Gasteiger charge is -2.19. The van der Waals surface area contributed by atoms with Gasteiger partial charge in [0.2, 0.25) is 0 Å². The Bertz CT molecular complexity index is 378. The molecule has 3 nitrogen and oxygen atoms in total. The summed E-state index contributed by atoms with van der Waals surface area (Å²) >= 11 is 0. The van der Waals surface area contributed by atoms with Crippen LogP contribution in [0.4, 0.5) is 0 Å². The van der Waals surface area contributed by atoms with E-state index in [2.05, 4.69) is 20.8 Å². The van der Waals surface area contributed by atoms with Gasteiger partial charge in [-0.05, 0) is 30.0 Å². The van der Waals surface area contributed by atoms with Gasteiger partial charge in [-0.15, -0.1) is 0 Å². The van der Waals surface area contributed by atoms with E-state index < -0.39 is 12.0 Å². The molecule has 1 rings (SSSR count). The van der Waals surface area contributed by atoms with E-state index in [0.29, 0.717) is 5.75 Å². The van der Waals surface area contributed by atoms with Crippen molar-refractivity contribution in [2.45, 2.75) is 39.2 Å². The summed E-state index contributed by atoms with van der Waals surface area (Å²) < 4.78 is 5.15. The van der Waals surface area contributed by atoms with Gasteiger partial charge in [-0.2, -0.15) is 0 Å². The first-order chi connectivity index (χ1) is 7.30. The number of nitrogens with two attached hydrogens (primary N) is 1. The molecule has 2 N–H and O–H groups in total. The lowest BCUT2D eigenvalue weighted by molar-refractivity contribution is -0.135. The fourth-order valence-electron chi connectivity index (χ4n) is 1.24. The fourth-order valence-corrected chi connectivity index (χ4v) is 1.24. The largest absolute Gasteiger partial charge is 0.425 e. The number of ether oxygens (including phenoxy) is 1. The van der Waals surface area contributed by atoms with E-state index in [-0.39, 0.29) is 5.41 Å². The highest BCUT2D eigenvalue weighted by Gasteiger charge is 2.15. The molecule has 0 heterocycles. The molecule has 0 amide bonds. The third-order valence-corrected chi connectivity index (χ3v) is 2.29. The first-order valence-electron chi connectivity index (χ1n) is 5.38. The molecule has 0 radical (unpaired) electrons. The Kier molecular flexibility index (Phi) is 3.70. The number of carbonyl (C=O) groups excluding carboxylic acids is 1. The fraction of sp³-hybridized carbons (Fsp3) is 0.462. The van der Waals surface area contributed by atoms with Crippen LogP contribution in [0.5, 0.6) is 5.75 Å². The Morgan fingerprint density at radius 2 is 2.00 bits per heavy atom. The molecule has 0 fully saturated rings. The SMILES string of the molecule is CC(N)C(=O)Oc1cccc(C(C)(C)C)c1. The Labute approximate surface area is 96.6 Å². The number of carbonyl (C=O) groups is 1. The minimum atomic E-state index is -0.599. The van der Waals surface area contributed by atoms with Gasteiger partial charge in [0.15, 0.2) is 0 Å². The predicted molar refractivity (Wildman–Crippen MR) is 64.4 cm³/mol. The zero-order valence-corrected chi connectivity index (χ0v) is 10.3. The highest BCUT2D eigenvalue weighted by atomic mass is 16.5. The summed E-state index contributed by atoms with van der Waals surface area (Å²) in [5.41, 5.74) is 6.60. The van der Waals surface area contributed by atoms with Crippen LogP contribution < -0.4 is 10.5 Å². The Hall–Kier alpha value is -1.35. The summed E-state index contributed by atoms with van der Waals surface area (Å²) in [6, 6.07) is 6.93. The zero-order chi connectivity index (χ0) is 12.3. The van der Waals surface area contributed by atoms with Crippen molar-refractivity contribution in [2.75, 3.05) is 0 Å². The van der Waals surface area contributed by atoms with Crippen LogP contribution in [0.2, 0.25) is 0 Å². The van der Waals surface area contributed by atoms with Crippen LogP contribution in [0.3, 0.4) is 0 Å². The second kappa shape index (κ2) is 4.66. The summed E-state index contributed by atoms with van der Waals surface area (Å²) in [7, 11) is 0. The van der Waals surface area contributed by atoms with Crippen LogP contribution in [0.15, 0.2) is 24.3 Å². The molecule has 0 saturated carbocycles. The van der Waals surface area contributed by atoms with Crippen molar-refractivity contribution in [3.63, 3.8) is 0 Å². The molecule has 0 bridgehead atoms. The normalized spacial score (nSPS) is 13.3. The quantitative estimate of drug-likeness (QED) is 0.615. The smallest absolute Gasteiger partial charge is 0.328 e. The predicted octanol–water partition coefficient (Wildman–Crippen LogP) is 2.24. The maximum Gasteiger partial charge on any atom is 0.328 e. The van der Waals surface area contributed by atoms with E-state index in [1.807, 2.05) is 18.2 Å². The van der Waals surface area contributed by atoms with Crippen molar-refractivity contribution in [1.82, 2.24) is 0 Å². The molecular weight excluding hydrogens is 202 g/mol. The summed E-state index contributed by atoms with van der Waals surface area (Å²) in [5, 5.41) is 0. The highest BCUT2D eigenvalue weighted by Crippen LogP contribution is 2.25. The monoisotopic (exact) mass is 221 g/mol. The molecule has 1 unspecified atom stereocenters. The van der Waals surface area contributed by atoms with Gasteiger partial charge >= 0.3 is 5.97 Å². The van der Waals surface area contributed by atoms with Gasteiger partial charge in [-0.3, -0.25) is 0 Å². The average Bonchev–Trinajstić information content (AvgIpc) is 2.16. The van der Waals surface area contributed by atoms with E-state index in [0.717, 1.165) is 5.56 Å². The van der Waals surface area contributed by atoms with Gasteiger partial charge < -0.3 is 10.5 Å². The maximum atomic E-state index is 11.3. The summed E-state index contributed by atoms with van der Waals surface area (Å²) in [6.07, 6.45) is 0. The lowest BCUT2D eigenvalue weighted by atomic mass is 9.87. The van der Waals surface area contributed by atoms with Crippen LogP contribution in [0.1, 0.15) is 33.3 Å². The molecule has 1 atom stereocenters. The molecule has 0 saturated heterocycles. The van der Waals surface area contributed by atoms with Gasteiger partial charge in [-0.1, -0.05) is 32.9 Å². The number of rotatable bonds is 2. The van der Waals surface area contributed by atoms with Crippen molar-refractivity contribution in [2.24, 2.45) is 5.73 Å². The van der Waals surface area contributed by atoms with Gasteiger partial charge in [0.1, 0.15) is 11.8 Å². The van der Waals surface area contributed by atoms with E-state index in [1.54, 1.807) is 13.0 Å². The van der Waals surface area contributed by atoms with Crippen LogP contribution in [0, 0.1) is 0 Å². The minimum absolute atomic E-state index is 0.0384. The van der Waals surface area contributed by atoms with Crippen molar-refractivity contribution in [1.29, 1.82) is 0 Å². The minimum Gasteiger partial charge on any atom is -0.425 e. The number of hydrogen-bond acceptors (Lipinski definition) is 3. The van der Waals surface area contributed by atoms with E-state index in [4.69, 9.17) is 10.5 Å². The van der Waals surface area contributed by atoms with Crippen molar-refractivity contribution in [3.8, 4) is 5.75 Å². The van der Waals surface area contributed by atoms with Gasteiger partial charge in [0.05, 0.1) is 0 Å². The lowest BCUT2D eigenvalue weighted by Crippen LogP contribution is -2.30. The molecule has 16 heavy (non-hydrogen) atoms. The Balaban J connectivity index is 2.88. The molecule has 3 heteroatoms. The molecule has 88 valence electrons. The van der Waals surface area contributed by atoms with Crippen molar-refractivity contribution < 1.29 is 9.53 Å². The van der Waals surface area contributed by atoms with E-state index >= 15 is 0 Å². The average molecular weight is 221 g/mol. The molecule has 0 spiro atoms. The van der Waals surface area contributed by atoms with E-state index in [9.17, 15) is 4.79 Å². The summed E-state index contributed by atoms with van der Waals surface area (Å²) in [4.78, 5) is 11.3. The molecule has 0 aliphatic heterocycles. The topological polar surface area (TPSA) is 52.3 Å². The summed E-state index contributed by atoms with van der Waals surface area (Å²) in [6.45, 7) is 7.94. The summed E-state index contributed by atoms with van der Waals surface area (Å²) in [5.74, 6) is 0.140. The van der Waals surface area contributed by atoms with Gasteiger partial charge in [0, 0.05) is 0 Å². The first-order valence-corrected chi connectivity index (χ1v) is 5.38. The number of hydrogen-bond donors (Lipinski definition) is 1. The van der Waals surface area contributed by atoms with Gasteiger partial charge in [0.25, 0.3) is 0 Å². The number of esters is 1. The molecule has 0 aromatic heterocycles. The van der Waals surface area contributed by atoms with Crippen LogP contribution in [-0.4, -0.2) is 12.0 Å². The maximum absolute atomic E-state index is 11.3. The Morgan fingerprint density at radius 3 is 2.50 bits per heavy atom. The molecular formula is C13H19NO2. The van der Waals surface area contributed by atoms with Gasteiger partial charge in [-0.25, -0.2) is 4.79 Å². The zero-order valence-electron chi connectivity index (χ0n) is 10.3. The van der Waals surface area contributed by atoms with Crippen LogP contribution >= 0.6 is 0 Å². The van der Waals surface area contributed by atoms with Crippen LogP contribution in [-0.2, 0) is 10.2 Å². The van der Waals surface area contributed by atoms with Crippen LogP contribution in [0.25, 0.3) is 0 Å². The molecule has 1 aromatic carbocycles. The van der Waals surface area contributed by atoms with E-state index in [1.165, 1.54) is 0 Å². The first kappa shape index (κ1) is 12.7.